The Hall–Kier alpha value is -1.33. The smallest absolute Gasteiger partial charge is 0.274 e. The molecule has 88 valence electrons. The van der Waals surface area contributed by atoms with Gasteiger partial charge in [-0.15, -0.1) is 0 Å². The first kappa shape index (κ1) is 12.7. The van der Waals surface area contributed by atoms with E-state index in [-0.39, 0.29) is 5.02 Å². The van der Waals surface area contributed by atoms with Crippen molar-refractivity contribution in [1.82, 2.24) is 5.43 Å². The second-order valence-corrected chi connectivity index (χ2v) is 3.51. The van der Waals surface area contributed by atoms with Crippen molar-refractivity contribution in [3.05, 3.63) is 29.0 Å². The van der Waals surface area contributed by atoms with Gasteiger partial charge in [-0.25, -0.2) is 10.2 Å². The molecule has 1 aromatic rings. The summed E-state index contributed by atoms with van der Waals surface area (Å²) < 4.78 is 18.2. The topological polar surface area (TPSA) is 64.3 Å². The van der Waals surface area contributed by atoms with Crippen LogP contribution in [0, 0.1) is 5.82 Å². The Labute approximate surface area is 97.5 Å². The van der Waals surface area contributed by atoms with Crippen LogP contribution in [0.4, 0.5) is 4.39 Å². The largest absolute Gasteiger partial charge is 0.481 e. The van der Waals surface area contributed by atoms with Gasteiger partial charge in [0, 0.05) is 6.07 Å². The fourth-order valence-electron chi connectivity index (χ4n) is 1.13. The lowest BCUT2D eigenvalue weighted by atomic mass is 10.2. The van der Waals surface area contributed by atoms with Gasteiger partial charge in [0.05, 0.1) is 5.02 Å². The van der Waals surface area contributed by atoms with Crippen LogP contribution >= 0.6 is 11.6 Å². The third-order valence-corrected chi connectivity index (χ3v) is 2.26. The summed E-state index contributed by atoms with van der Waals surface area (Å²) in [4.78, 5) is 11.2. The van der Waals surface area contributed by atoms with Crippen molar-refractivity contribution in [3.8, 4) is 5.75 Å². The molecule has 0 spiro atoms. The van der Waals surface area contributed by atoms with E-state index in [0.29, 0.717) is 12.2 Å². The zero-order valence-electron chi connectivity index (χ0n) is 8.67. The summed E-state index contributed by atoms with van der Waals surface area (Å²) in [5.74, 6) is 4.33. The molecule has 0 aliphatic carbocycles. The summed E-state index contributed by atoms with van der Waals surface area (Å²) in [6.45, 7) is 1.77. The Balaban J connectivity index is 2.78. The second-order valence-electron chi connectivity index (χ2n) is 3.10. The molecule has 0 fully saturated rings. The highest BCUT2D eigenvalue weighted by Crippen LogP contribution is 2.22. The summed E-state index contributed by atoms with van der Waals surface area (Å²) in [6.07, 6.45) is -0.274. The van der Waals surface area contributed by atoms with E-state index in [0.717, 1.165) is 0 Å². The van der Waals surface area contributed by atoms with Gasteiger partial charge < -0.3 is 4.74 Å². The van der Waals surface area contributed by atoms with E-state index >= 15 is 0 Å². The number of hydrogen-bond donors (Lipinski definition) is 2. The first-order valence-corrected chi connectivity index (χ1v) is 5.08. The molecule has 0 saturated heterocycles. The van der Waals surface area contributed by atoms with E-state index in [9.17, 15) is 9.18 Å². The minimum atomic E-state index is -0.716. The highest BCUT2D eigenvalue weighted by molar-refractivity contribution is 6.30. The Morgan fingerprint density at radius 2 is 2.38 bits per heavy atom. The number of nitrogens with two attached hydrogens (primary N) is 1. The van der Waals surface area contributed by atoms with Crippen LogP contribution in [-0.2, 0) is 4.79 Å². The maximum atomic E-state index is 12.9. The van der Waals surface area contributed by atoms with E-state index in [1.807, 2.05) is 5.43 Å². The van der Waals surface area contributed by atoms with Gasteiger partial charge in [-0.05, 0) is 18.6 Å². The minimum Gasteiger partial charge on any atom is -0.481 e. The lowest BCUT2D eigenvalue weighted by Crippen LogP contribution is -2.41. The second kappa shape index (κ2) is 5.67. The first-order valence-electron chi connectivity index (χ1n) is 4.70. The van der Waals surface area contributed by atoms with Gasteiger partial charge in [-0.1, -0.05) is 18.5 Å². The number of amides is 1. The average Bonchev–Trinajstić information content (AvgIpc) is 2.29. The Kier molecular flexibility index (Phi) is 4.52. The van der Waals surface area contributed by atoms with Gasteiger partial charge in [0.1, 0.15) is 11.6 Å². The standard InChI is InChI=1S/C10H12ClFN2O2/c1-2-9(10(15)14-13)16-6-3-4-8(12)7(11)5-6/h3-5,9H,2,13H2,1H3,(H,14,15). The predicted octanol–water partition coefficient (Wildman–Crippen LogP) is 1.63. The van der Waals surface area contributed by atoms with Crippen molar-refractivity contribution in [2.75, 3.05) is 0 Å². The molecule has 6 heteroatoms. The fraction of sp³-hybridized carbons (Fsp3) is 0.300. The zero-order valence-corrected chi connectivity index (χ0v) is 9.42. The van der Waals surface area contributed by atoms with Gasteiger partial charge in [-0.3, -0.25) is 10.2 Å². The Bertz CT molecular complexity index is 387. The Morgan fingerprint density at radius 3 is 2.88 bits per heavy atom. The van der Waals surface area contributed by atoms with E-state index < -0.39 is 17.8 Å². The lowest BCUT2D eigenvalue weighted by molar-refractivity contribution is -0.128. The van der Waals surface area contributed by atoms with Crippen LogP contribution in [0.5, 0.6) is 5.75 Å². The number of halogens is 2. The monoisotopic (exact) mass is 246 g/mol. The molecule has 3 N–H and O–H groups in total. The molecule has 1 unspecified atom stereocenters. The highest BCUT2D eigenvalue weighted by atomic mass is 35.5. The third-order valence-electron chi connectivity index (χ3n) is 1.97. The summed E-state index contributed by atoms with van der Waals surface area (Å²) >= 11 is 5.57. The van der Waals surface area contributed by atoms with E-state index in [1.165, 1.54) is 18.2 Å². The van der Waals surface area contributed by atoms with Crippen molar-refractivity contribution >= 4 is 17.5 Å². The van der Waals surface area contributed by atoms with Crippen molar-refractivity contribution in [1.29, 1.82) is 0 Å². The van der Waals surface area contributed by atoms with E-state index in [4.69, 9.17) is 22.2 Å². The number of carbonyl (C=O) groups excluding carboxylic acids is 1. The number of carbonyl (C=O) groups is 1. The molecule has 16 heavy (non-hydrogen) atoms. The lowest BCUT2D eigenvalue weighted by Gasteiger charge is -2.15. The molecule has 0 radical (unpaired) electrons. The molecule has 0 aliphatic heterocycles. The molecular formula is C10H12ClFN2O2. The van der Waals surface area contributed by atoms with Gasteiger partial charge >= 0.3 is 0 Å². The summed E-state index contributed by atoms with van der Waals surface area (Å²) in [5, 5.41) is -0.0551. The fourth-order valence-corrected chi connectivity index (χ4v) is 1.30. The molecule has 1 aromatic carbocycles. The molecule has 0 bridgehead atoms. The molecule has 0 aliphatic rings. The molecule has 0 heterocycles. The van der Waals surface area contributed by atoms with Crippen molar-refractivity contribution in [2.45, 2.75) is 19.4 Å². The molecule has 1 rings (SSSR count). The van der Waals surface area contributed by atoms with E-state index in [2.05, 4.69) is 0 Å². The third kappa shape index (κ3) is 3.08. The maximum Gasteiger partial charge on any atom is 0.274 e. The van der Waals surface area contributed by atoms with Gasteiger partial charge in [0.2, 0.25) is 0 Å². The summed E-state index contributed by atoms with van der Waals surface area (Å²) in [7, 11) is 0. The van der Waals surface area contributed by atoms with Crippen LogP contribution in [0.2, 0.25) is 5.02 Å². The molecule has 0 aromatic heterocycles. The molecule has 0 saturated carbocycles. The molecule has 1 amide bonds. The number of hydrogen-bond acceptors (Lipinski definition) is 3. The first-order chi connectivity index (χ1) is 7.58. The van der Waals surface area contributed by atoms with Gasteiger partial charge in [0.25, 0.3) is 5.91 Å². The Morgan fingerprint density at radius 1 is 1.69 bits per heavy atom. The quantitative estimate of drug-likeness (QED) is 0.482. The van der Waals surface area contributed by atoms with E-state index in [1.54, 1.807) is 6.92 Å². The molecule has 4 nitrogen and oxygen atoms in total. The summed E-state index contributed by atoms with van der Waals surface area (Å²) in [6, 6.07) is 3.88. The normalized spacial score (nSPS) is 12.0. The van der Waals surface area contributed by atoms with Gasteiger partial charge in [0.15, 0.2) is 6.10 Å². The average molecular weight is 247 g/mol. The number of rotatable bonds is 4. The van der Waals surface area contributed by atoms with Crippen LogP contribution in [0.1, 0.15) is 13.3 Å². The zero-order chi connectivity index (χ0) is 12.1. The summed E-state index contributed by atoms with van der Waals surface area (Å²) in [5.41, 5.74) is 1.99. The van der Waals surface area contributed by atoms with Crippen LogP contribution in [-0.4, -0.2) is 12.0 Å². The number of ether oxygens (including phenoxy) is 1. The number of benzene rings is 1. The SMILES string of the molecule is CCC(Oc1ccc(F)c(Cl)c1)C(=O)NN. The van der Waals surface area contributed by atoms with Crippen LogP contribution in [0.25, 0.3) is 0 Å². The minimum absolute atomic E-state index is 0.0551. The molecular weight excluding hydrogens is 235 g/mol. The predicted molar refractivity (Wildman–Crippen MR) is 58.4 cm³/mol. The number of hydrazine groups is 1. The van der Waals surface area contributed by atoms with Crippen molar-refractivity contribution in [2.24, 2.45) is 5.84 Å². The van der Waals surface area contributed by atoms with Gasteiger partial charge in [-0.2, -0.15) is 0 Å². The van der Waals surface area contributed by atoms with Crippen LogP contribution < -0.4 is 16.0 Å². The van der Waals surface area contributed by atoms with Crippen LogP contribution in [0.15, 0.2) is 18.2 Å². The number of nitrogens with one attached hydrogen (secondary N) is 1. The van der Waals surface area contributed by atoms with Crippen molar-refractivity contribution in [3.63, 3.8) is 0 Å². The van der Waals surface area contributed by atoms with Crippen LogP contribution in [0.3, 0.4) is 0 Å². The maximum absolute atomic E-state index is 12.9. The molecule has 1 atom stereocenters. The highest BCUT2D eigenvalue weighted by Gasteiger charge is 2.17. The van der Waals surface area contributed by atoms with Crippen molar-refractivity contribution < 1.29 is 13.9 Å².